The number of hydrogen-bond acceptors (Lipinski definition) is 12. The van der Waals surface area contributed by atoms with Crippen LogP contribution >= 0.6 is 0 Å². The predicted molar refractivity (Wildman–Crippen MR) is 280 cm³/mol. The fourth-order valence-electron chi connectivity index (χ4n) is 7.83. The molecule has 5 rings (SSSR count). The zero-order chi connectivity index (χ0) is 50.0. The first-order chi connectivity index (χ1) is 34.9. The normalized spacial score (nSPS) is 10.9. The molecule has 3 aromatic carbocycles. The van der Waals surface area contributed by atoms with Crippen LogP contribution in [-0.2, 0) is 32.3 Å². The van der Waals surface area contributed by atoms with Gasteiger partial charge in [0.05, 0.1) is 51.2 Å². The van der Waals surface area contributed by atoms with Crippen LogP contribution in [0.2, 0.25) is 0 Å². The lowest BCUT2D eigenvalue weighted by Crippen LogP contribution is -2.01. The molecule has 0 atom stereocenters. The number of carbonyl (C=O) groups is 2. The molecular formula is C59H76N4O8. The second-order valence-electron chi connectivity index (χ2n) is 17.9. The molecule has 0 unspecified atom stereocenters. The molecule has 0 N–H and O–H groups in total. The number of nitrogens with zero attached hydrogens (tertiary/aromatic N) is 4. The predicted octanol–water partition coefficient (Wildman–Crippen LogP) is 14.1. The average Bonchev–Trinajstić information content (AvgIpc) is 3.40. The number of aryl methyl sites for hydroxylation is 1. The molecule has 0 radical (unpaired) electrons. The van der Waals surface area contributed by atoms with Crippen molar-refractivity contribution in [3.8, 4) is 45.8 Å². The molecule has 2 heterocycles. The summed E-state index contributed by atoms with van der Waals surface area (Å²) in [6.45, 7) is 11.9. The Labute approximate surface area is 422 Å². The summed E-state index contributed by atoms with van der Waals surface area (Å²) < 4.78 is 34.4. The first kappa shape index (κ1) is 55.4. The van der Waals surface area contributed by atoms with Crippen molar-refractivity contribution >= 4 is 11.9 Å². The lowest BCUT2D eigenvalue weighted by molar-refractivity contribution is -0.138. The highest BCUT2D eigenvalue weighted by Gasteiger charge is 2.10. The third kappa shape index (κ3) is 22.8. The summed E-state index contributed by atoms with van der Waals surface area (Å²) in [6.07, 6.45) is 32.5. The van der Waals surface area contributed by atoms with Gasteiger partial charge in [0.25, 0.3) is 0 Å². The number of ether oxygens (including phenoxy) is 6. The lowest BCUT2D eigenvalue weighted by atomic mass is 10.1. The number of rotatable bonds is 38. The number of benzene rings is 3. The first-order valence-corrected chi connectivity index (χ1v) is 25.9. The smallest absolute Gasteiger partial charge is 0.330 e. The maximum atomic E-state index is 11.1. The Balaban J connectivity index is 0.920. The van der Waals surface area contributed by atoms with Crippen LogP contribution < -0.4 is 18.9 Å². The Morgan fingerprint density at radius 2 is 0.761 bits per heavy atom. The summed E-state index contributed by atoms with van der Waals surface area (Å²) in [5.74, 6) is 3.34. The Kier molecular flexibility index (Phi) is 26.4. The van der Waals surface area contributed by atoms with Crippen LogP contribution in [0.5, 0.6) is 23.0 Å². The van der Waals surface area contributed by atoms with Crippen LogP contribution in [-0.4, -0.2) is 58.3 Å². The van der Waals surface area contributed by atoms with E-state index in [1.807, 2.05) is 73.7 Å². The van der Waals surface area contributed by atoms with E-state index in [4.69, 9.17) is 28.4 Å². The van der Waals surface area contributed by atoms with E-state index in [9.17, 15) is 9.59 Å². The van der Waals surface area contributed by atoms with E-state index in [-0.39, 0.29) is 11.9 Å². The van der Waals surface area contributed by atoms with Gasteiger partial charge in [-0.25, -0.2) is 29.5 Å². The molecule has 0 aliphatic heterocycles. The maximum Gasteiger partial charge on any atom is 0.330 e. The molecule has 71 heavy (non-hydrogen) atoms. The Morgan fingerprint density at radius 3 is 1.13 bits per heavy atom. The summed E-state index contributed by atoms with van der Waals surface area (Å²) in [5, 5.41) is 0. The van der Waals surface area contributed by atoms with Crippen molar-refractivity contribution in [1.82, 2.24) is 19.9 Å². The van der Waals surface area contributed by atoms with Crippen molar-refractivity contribution in [2.24, 2.45) is 0 Å². The topological polar surface area (TPSA) is 141 Å². The highest BCUT2D eigenvalue weighted by molar-refractivity contribution is 5.81. The fraction of sp³-hybridized carbons (Fsp3) is 0.458. The minimum absolute atomic E-state index is 0.338. The molecule has 380 valence electrons. The quantitative estimate of drug-likeness (QED) is 0.0211. The van der Waals surface area contributed by atoms with Gasteiger partial charge in [0.15, 0.2) is 34.6 Å². The molecule has 2 aromatic heterocycles. The van der Waals surface area contributed by atoms with Crippen molar-refractivity contribution in [3.63, 3.8) is 0 Å². The maximum absolute atomic E-state index is 11.1. The third-order valence-corrected chi connectivity index (χ3v) is 12.0. The van der Waals surface area contributed by atoms with Gasteiger partial charge in [-0.05, 0) is 61.4 Å². The van der Waals surface area contributed by atoms with Crippen LogP contribution in [0.3, 0.4) is 0 Å². The zero-order valence-electron chi connectivity index (χ0n) is 42.2. The molecule has 12 heteroatoms. The van der Waals surface area contributed by atoms with E-state index < -0.39 is 0 Å². The van der Waals surface area contributed by atoms with Crippen LogP contribution in [0.25, 0.3) is 22.8 Å². The summed E-state index contributed by atoms with van der Waals surface area (Å²) in [5.41, 5.74) is 4.96. The number of carbonyl (C=O) groups excluding carboxylic acids is 2. The molecule has 0 bridgehead atoms. The highest BCUT2D eigenvalue weighted by atomic mass is 16.5. The summed E-state index contributed by atoms with van der Waals surface area (Å²) in [6, 6.07) is 22.1. The van der Waals surface area contributed by atoms with Crippen LogP contribution in [0.1, 0.15) is 145 Å². The van der Waals surface area contributed by atoms with Crippen molar-refractivity contribution in [2.75, 3.05) is 26.4 Å². The molecule has 0 fully saturated rings. The van der Waals surface area contributed by atoms with Gasteiger partial charge in [0.2, 0.25) is 0 Å². The van der Waals surface area contributed by atoms with E-state index in [0.717, 1.165) is 79.2 Å². The van der Waals surface area contributed by atoms with Gasteiger partial charge >= 0.3 is 11.9 Å². The monoisotopic (exact) mass is 969 g/mol. The molecule has 0 spiro atoms. The van der Waals surface area contributed by atoms with Gasteiger partial charge in [0.1, 0.15) is 13.2 Å². The summed E-state index contributed by atoms with van der Waals surface area (Å²) >= 11 is 0. The van der Waals surface area contributed by atoms with Gasteiger partial charge < -0.3 is 28.4 Å². The lowest BCUT2D eigenvalue weighted by Gasteiger charge is -2.14. The van der Waals surface area contributed by atoms with Crippen molar-refractivity contribution in [3.05, 3.63) is 134 Å². The standard InChI is InChI=1S/C59H76N4O8/c1-4-56(64)68-38-24-20-16-12-8-6-10-14-18-22-36-66-52-41-60-58(61-42-52)50-31-27-48(28-32-50)45-70-54-35-26-47(3)40-55(54)71-46-49-29-33-51(34-30-49)59-62-43-53(44-63-59)67-37-23-19-15-11-7-9-13-17-21-25-39-69-57(65)5-2/h4-5,26-35,40-44H,1-2,6-25,36-39,45-46H2,3H3. The fourth-order valence-corrected chi connectivity index (χ4v) is 7.83. The molecule has 12 nitrogen and oxygen atoms in total. The van der Waals surface area contributed by atoms with Gasteiger partial charge in [-0.1, -0.05) is 170 Å². The number of unbranched alkanes of at least 4 members (excludes halogenated alkanes) is 18. The molecule has 0 amide bonds. The second kappa shape index (κ2) is 33.9. The van der Waals surface area contributed by atoms with E-state index in [1.54, 1.807) is 24.8 Å². The first-order valence-electron chi connectivity index (χ1n) is 25.9. The Bertz CT molecular complexity index is 2270. The molecule has 0 saturated heterocycles. The molecule has 0 aliphatic rings. The summed E-state index contributed by atoms with van der Waals surface area (Å²) in [4.78, 5) is 40.3. The number of aromatic nitrogens is 4. The van der Waals surface area contributed by atoms with Crippen molar-refractivity contribution < 1.29 is 38.0 Å². The number of esters is 2. The van der Waals surface area contributed by atoms with Gasteiger partial charge in [-0.15, -0.1) is 0 Å². The largest absolute Gasteiger partial charge is 0.490 e. The molecule has 5 aromatic rings. The van der Waals surface area contributed by atoms with Crippen molar-refractivity contribution in [1.29, 1.82) is 0 Å². The number of hydrogen-bond donors (Lipinski definition) is 0. The van der Waals surface area contributed by atoms with Gasteiger partial charge in [0, 0.05) is 23.3 Å². The van der Waals surface area contributed by atoms with Gasteiger partial charge in [-0.2, -0.15) is 0 Å². The minimum Gasteiger partial charge on any atom is -0.490 e. The third-order valence-electron chi connectivity index (χ3n) is 12.0. The van der Waals surface area contributed by atoms with Crippen molar-refractivity contribution in [2.45, 2.75) is 149 Å². The van der Waals surface area contributed by atoms with Crippen LogP contribution in [0.4, 0.5) is 0 Å². The Hall–Kier alpha value is -6.56. The highest BCUT2D eigenvalue weighted by Crippen LogP contribution is 2.31. The molecule has 0 saturated carbocycles. The average molecular weight is 969 g/mol. The van der Waals surface area contributed by atoms with Gasteiger partial charge in [-0.3, -0.25) is 0 Å². The van der Waals surface area contributed by atoms with E-state index in [1.165, 1.54) is 89.2 Å². The van der Waals surface area contributed by atoms with Crippen LogP contribution in [0, 0.1) is 6.92 Å². The molecule has 0 aliphatic carbocycles. The Morgan fingerprint density at radius 1 is 0.423 bits per heavy atom. The van der Waals surface area contributed by atoms with E-state index in [0.29, 0.717) is 74.3 Å². The molecular weight excluding hydrogens is 893 g/mol. The van der Waals surface area contributed by atoms with E-state index in [2.05, 4.69) is 33.1 Å². The minimum atomic E-state index is -0.338. The SMILES string of the molecule is C=CC(=O)OCCCCCCCCCCCCOc1cnc(-c2ccc(COc3ccc(C)cc3OCc3ccc(-c4ncc(OCCCCCCCCCCCCOC(=O)C=C)cn4)cc3)cc2)nc1. The van der Waals surface area contributed by atoms with E-state index >= 15 is 0 Å². The summed E-state index contributed by atoms with van der Waals surface area (Å²) in [7, 11) is 0. The van der Waals surface area contributed by atoms with Crippen LogP contribution in [0.15, 0.2) is 117 Å². The zero-order valence-corrected chi connectivity index (χ0v) is 42.2. The second-order valence-corrected chi connectivity index (χ2v) is 17.9.